The third-order valence-electron chi connectivity index (χ3n) is 5.14. The molecule has 3 atom stereocenters. The molecule has 1 aromatic rings. The van der Waals surface area contributed by atoms with E-state index in [0.29, 0.717) is 6.54 Å². The van der Waals surface area contributed by atoms with Crippen LogP contribution >= 0.6 is 0 Å². The molecule has 3 unspecified atom stereocenters. The van der Waals surface area contributed by atoms with E-state index >= 15 is 0 Å². The molecule has 2 N–H and O–H groups in total. The lowest BCUT2D eigenvalue weighted by atomic mass is 9.88. The summed E-state index contributed by atoms with van der Waals surface area (Å²) in [5, 5.41) is 0. The topological polar surface area (TPSA) is 29.3 Å². The van der Waals surface area contributed by atoms with Gasteiger partial charge in [-0.1, -0.05) is 30.4 Å². The molecule has 0 amide bonds. The molecule has 1 aromatic carbocycles. The van der Waals surface area contributed by atoms with Crippen molar-refractivity contribution in [2.45, 2.75) is 32.2 Å². The molecule has 3 rings (SSSR count). The lowest BCUT2D eigenvalue weighted by Crippen LogP contribution is -2.28. The zero-order chi connectivity index (χ0) is 14.7. The molecule has 2 aliphatic rings. The quantitative estimate of drug-likeness (QED) is 0.861. The van der Waals surface area contributed by atoms with Crippen molar-refractivity contribution in [2.24, 2.45) is 23.5 Å². The Morgan fingerprint density at radius 3 is 2.90 bits per heavy atom. The molecule has 2 aliphatic carbocycles. The summed E-state index contributed by atoms with van der Waals surface area (Å²) in [4.78, 5) is 2.49. The van der Waals surface area contributed by atoms with E-state index in [-0.39, 0.29) is 0 Å². The number of nitrogens with zero attached hydrogens (tertiary/aromatic N) is 1. The van der Waals surface area contributed by atoms with Gasteiger partial charge in [0.05, 0.1) is 6.54 Å². The van der Waals surface area contributed by atoms with E-state index in [4.69, 9.17) is 5.73 Å². The minimum absolute atomic E-state index is 0.425. The molecule has 0 aromatic heterocycles. The van der Waals surface area contributed by atoms with Crippen molar-refractivity contribution in [3.63, 3.8) is 0 Å². The summed E-state index contributed by atoms with van der Waals surface area (Å²) in [6, 6.07) is 8.55. The highest BCUT2D eigenvalue weighted by molar-refractivity contribution is 5.37. The summed E-state index contributed by atoms with van der Waals surface area (Å²) in [6.07, 6.45) is 5.94. The molecule has 2 saturated carbocycles. The van der Waals surface area contributed by atoms with Crippen LogP contribution < -0.4 is 5.73 Å². The van der Waals surface area contributed by atoms with Crippen molar-refractivity contribution in [1.82, 2.24) is 4.90 Å². The van der Waals surface area contributed by atoms with Crippen LogP contribution in [0.15, 0.2) is 24.3 Å². The van der Waals surface area contributed by atoms with Crippen molar-refractivity contribution >= 4 is 0 Å². The second kappa shape index (κ2) is 6.64. The van der Waals surface area contributed by atoms with Gasteiger partial charge in [0.25, 0.3) is 0 Å². The van der Waals surface area contributed by atoms with Crippen molar-refractivity contribution in [2.75, 3.05) is 20.1 Å². The fourth-order valence-electron chi connectivity index (χ4n) is 4.28. The lowest BCUT2D eigenvalue weighted by Gasteiger charge is -2.27. The summed E-state index contributed by atoms with van der Waals surface area (Å²) in [5.41, 5.74) is 7.86. The fraction of sp³-hybridized carbons (Fsp3) is 0.579. The molecule has 0 saturated heterocycles. The standard InChI is InChI=1S/C19H26N2/c1-21(14-19-12-16-7-8-18(19)11-16)13-17-5-2-4-15(10-17)6-3-9-20/h2,4-5,10,16,18-19H,7-9,11-14,20H2,1H3. The first-order valence-electron chi connectivity index (χ1n) is 8.21. The molecule has 2 bridgehead atoms. The van der Waals surface area contributed by atoms with Gasteiger partial charge in [-0.15, -0.1) is 0 Å². The van der Waals surface area contributed by atoms with Gasteiger partial charge in [0.2, 0.25) is 0 Å². The summed E-state index contributed by atoms with van der Waals surface area (Å²) < 4.78 is 0. The monoisotopic (exact) mass is 282 g/mol. The third-order valence-corrected chi connectivity index (χ3v) is 5.14. The first-order chi connectivity index (χ1) is 10.2. The van der Waals surface area contributed by atoms with Gasteiger partial charge in [0, 0.05) is 18.7 Å². The fourth-order valence-corrected chi connectivity index (χ4v) is 4.28. The molecule has 0 aliphatic heterocycles. The highest BCUT2D eigenvalue weighted by Gasteiger charge is 2.39. The van der Waals surface area contributed by atoms with Crippen LogP contribution in [-0.2, 0) is 6.54 Å². The Hall–Kier alpha value is -1.30. The molecule has 2 nitrogen and oxygen atoms in total. The van der Waals surface area contributed by atoms with Gasteiger partial charge < -0.3 is 10.6 Å². The van der Waals surface area contributed by atoms with E-state index in [1.165, 1.54) is 37.8 Å². The molecule has 0 heterocycles. The maximum absolute atomic E-state index is 5.43. The van der Waals surface area contributed by atoms with Gasteiger partial charge in [-0.25, -0.2) is 0 Å². The van der Waals surface area contributed by atoms with E-state index in [1.54, 1.807) is 0 Å². The van der Waals surface area contributed by atoms with Crippen LogP contribution in [0.5, 0.6) is 0 Å². The SMILES string of the molecule is CN(Cc1cccc(C#CCN)c1)CC1CC2CCC1C2. The zero-order valence-corrected chi connectivity index (χ0v) is 13.0. The molecule has 21 heavy (non-hydrogen) atoms. The Morgan fingerprint density at radius 2 is 2.19 bits per heavy atom. The van der Waals surface area contributed by atoms with Crippen LogP contribution in [0.25, 0.3) is 0 Å². The second-order valence-electron chi connectivity index (χ2n) is 6.84. The molecule has 0 spiro atoms. The summed E-state index contributed by atoms with van der Waals surface area (Å²) >= 11 is 0. The minimum atomic E-state index is 0.425. The summed E-state index contributed by atoms with van der Waals surface area (Å²) in [7, 11) is 2.25. The van der Waals surface area contributed by atoms with Crippen molar-refractivity contribution in [3.05, 3.63) is 35.4 Å². The van der Waals surface area contributed by atoms with Crippen LogP contribution in [0.4, 0.5) is 0 Å². The van der Waals surface area contributed by atoms with Crippen LogP contribution in [-0.4, -0.2) is 25.0 Å². The van der Waals surface area contributed by atoms with Gasteiger partial charge in [0.15, 0.2) is 0 Å². The Bertz CT molecular complexity index is 540. The lowest BCUT2D eigenvalue weighted by molar-refractivity contribution is 0.214. The first kappa shape index (κ1) is 14.6. The van der Waals surface area contributed by atoms with Crippen LogP contribution in [0.1, 0.15) is 36.8 Å². The maximum Gasteiger partial charge on any atom is 0.0555 e. The highest BCUT2D eigenvalue weighted by Crippen LogP contribution is 2.48. The normalized spacial score (nSPS) is 26.9. The van der Waals surface area contributed by atoms with Crippen molar-refractivity contribution in [3.8, 4) is 11.8 Å². The smallest absolute Gasteiger partial charge is 0.0555 e. The van der Waals surface area contributed by atoms with Gasteiger partial charge >= 0.3 is 0 Å². The van der Waals surface area contributed by atoms with Gasteiger partial charge in [-0.2, -0.15) is 0 Å². The molecule has 2 fully saturated rings. The maximum atomic E-state index is 5.43. The van der Waals surface area contributed by atoms with Gasteiger partial charge in [-0.3, -0.25) is 0 Å². The van der Waals surface area contributed by atoms with Gasteiger partial charge in [0.1, 0.15) is 0 Å². The molecular weight excluding hydrogens is 256 g/mol. The summed E-state index contributed by atoms with van der Waals surface area (Å²) in [6.45, 7) is 2.69. The van der Waals surface area contributed by atoms with Crippen LogP contribution in [0.2, 0.25) is 0 Å². The Morgan fingerprint density at radius 1 is 1.29 bits per heavy atom. The Kier molecular flexibility index (Phi) is 4.63. The first-order valence-corrected chi connectivity index (χ1v) is 8.21. The molecule has 0 radical (unpaired) electrons. The molecule has 2 heteroatoms. The molecular formula is C19H26N2. The van der Waals surface area contributed by atoms with Crippen LogP contribution in [0.3, 0.4) is 0 Å². The van der Waals surface area contributed by atoms with Crippen LogP contribution in [0, 0.1) is 29.6 Å². The Balaban J connectivity index is 1.56. The average Bonchev–Trinajstić information content (AvgIpc) is 3.08. The third kappa shape index (κ3) is 3.67. The summed E-state index contributed by atoms with van der Waals surface area (Å²) in [5.74, 6) is 9.04. The number of fused-ring (bicyclic) bond motifs is 2. The van der Waals surface area contributed by atoms with Crippen molar-refractivity contribution in [1.29, 1.82) is 0 Å². The number of benzene rings is 1. The van der Waals surface area contributed by atoms with Crippen molar-refractivity contribution < 1.29 is 0 Å². The number of hydrogen-bond donors (Lipinski definition) is 1. The Labute approximate surface area is 128 Å². The highest BCUT2D eigenvalue weighted by atomic mass is 15.1. The number of rotatable bonds is 4. The molecule has 112 valence electrons. The van der Waals surface area contributed by atoms with E-state index < -0.39 is 0 Å². The predicted octanol–water partition coefficient (Wildman–Crippen LogP) is 2.86. The van der Waals surface area contributed by atoms with E-state index in [1.807, 2.05) is 0 Å². The average molecular weight is 282 g/mol. The number of nitrogens with two attached hydrogens (primary N) is 1. The predicted molar refractivity (Wildman–Crippen MR) is 87.6 cm³/mol. The minimum Gasteiger partial charge on any atom is -0.320 e. The second-order valence-corrected chi connectivity index (χ2v) is 6.84. The zero-order valence-electron chi connectivity index (χ0n) is 13.0. The van der Waals surface area contributed by atoms with E-state index in [0.717, 1.165) is 29.9 Å². The largest absolute Gasteiger partial charge is 0.320 e. The number of hydrogen-bond acceptors (Lipinski definition) is 2. The van der Waals surface area contributed by atoms with E-state index in [9.17, 15) is 0 Å². The van der Waals surface area contributed by atoms with Gasteiger partial charge in [-0.05, 0) is 61.8 Å². The van der Waals surface area contributed by atoms with E-state index in [2.05, 4.69) is 48.1 Å².